The molecule has 1 saturated heterocycles. The van der Waals surface area contributed by atoms with Gasteiger partial charge in [0.2, 0.25) is 0 Å². The third-order valence-corrected chi connectivity index (χ3v) is 4.48. The van der Waals surface area contributed by atoms with Gasteiger partial charge in [0, 0.05) is 13.0 Å². The summed E-state index contributed by atoms with van der Waals surface area (Å²) in [5, 5.41) is 5.37. The number of amides is 1. The van der Waals surface area contributed by atoms with Crippen molar-refractivity contribution in [1.29, 1.82) is 0 Å². The van der Waals surface area contributed by atoms with Gasteiger partial charge in [-0.3, -0.25) is 9.69 Å². The van der Waals surface area contributed by atoms with Gasteiger partial charge in [0.1, 0.15) is 23.8 Å². The Balaban J connectivity index is 1.57. The van der Waals surface area contributed by atoms with E-state index in [1.165, 1.54) is 0 Å². The number of aromatic nitrogens is 2. The highest BCUT2D eigenvalue weighted by Gasteiger charge is 2.45. The van der Waals surface area contributed by atoms with Crippen molar-refractivity contribution in [2.24, 2.45) is 5.16 Å². The molecule has 13 heteroatoms. The number of rotatable bonds is 4. The quantitative estimate of drug-likeness (QED) is 0.742. The number of hydrogen-bond acceptors (Lipinski definition) is 5. The van der Waals surface area contributed by atoms with E-state index in [1.807, 2.05) is 0 Å². The molecule has 156 valence electrons. The minimum Gasteiger partial charge on any atom is -0.387 e. The number of aromatic amines is 1. The number of carbonyl (C=O) groups is 1. The number of imidazole rings is 1. The van der Waals surface area contributed by atoms with Crippen molar-refractivity contribution in [1.82, 2.24) is 20.2 Å². The molecule has 0 saturated carbocycles. The minimum atomic E-state index is -4.53. The molecule has 0 radical (unpaired) electrons. The van der Waals surface area contributed by atoms with Crippen LogP contribution in [0.4, 0.5) is 26.3 Å². The summed E-state index contributed by atoms with van der Waals surface area (Å²) >= 11 is 0. The van der Waals surface area contributed by atoms with Gasteiger partial charge in [-0.05, 0) is 19.4 Å². The highest BCUT2D eigenvalue weighted by molar-refractivity contribution is 6.39. The van der Waals surface area contributed by atoms with Crippen LogP contribution in [0.25, 0.3) is 0 Å². The summed E-state index contributed by atoms with van der Waals surface area (Å²) < 4.78 is 74.6. The number of halogens is 6. The van der Waals surface area contributed by atoms with E-state index in [4.69, 9.17) is 4.84 Å². The van der Waals surface area contributed by atoms with Crippen LogP contribution in [-0.4, -0.2) is 57.9 Å². The molecule has 1 atom stereocenters. The maximum absolute atomic E-state index is 12.6. The average Bonchev–Trinajstić information content (AvgIpc) is 3.20. The van der Waals surface area contributed by atoms with Gasteiger partial charge in [0.25, 0.3) is 5.91 Å². The van der Waals surface area contributed by atoms with Gasteiger partial charge in [-0.2, -0.15) is 26.3 Å². The summed E-state index contributed by atoms with van der Waals surface area (Å²) in [7, 11) is 0. The van der Waals surface area contributed by atoms with E-state index in [9.17, 15) is 31.1 Å². The molecule has 1 amide bonds. The fourth-order valence-electron chi connectivity index (χ4n) is 3.27. The van der Waals surface area contributed by atoms with Crippen LogP contribution in [0.5, 0.6) is 0 Å². The number of oxime groups is 1. The van der Waals surface area contributed by atoms with Crippen LogP contribution in [0.15, 0.2) is 11.4 Å². The molecule has 28 heavy (non-hydrogen) atoms. The Morgan fingerprint density at radius 3 is 2.71 bits per heavy atom. The van der Waals surface area contributed by atoms with Gasteiger partial charge in [0.15, 0.2) is 5.60 Å². The zero-order valence-electron chi connectivity index (χ0n) is 14.5. The summed E-state index contributed by atoms with van der Waals surface area (Å²) in [6.07, 6.45) is -7.16. The lowest BCUT2D eigenvalue weighted by Gasteiger charge is -2.37. The Morgan fingerprint density at radius 2 is 2.07 bits per heavy atom. The Labute approximate surface area is 155 Å². The zero-order chi connectivity index (χ0) is 20.6. The number of alkyl halides is 6. The maximum atomic E-state index is 12.6. The molecule has 0 bridgehead atoms. The number of nitrogens with one attached hydrogen (secondary N) is 2. The summed E-state index contributed by atoms with van der Waals surface area (Å²) in [6, 6.07) is 0. The molecule has 7 nitrogen and oxygen atoms in total. The molecule has 1 aromatic heterocycles. The molecule has 3 heterocycles. The van der Waals surface area contributed by atoms with Crippen LogP contribution >= 0.6 is 0 Å². The van der Waals surface area contributed by atoms with E-state index in [-0.39, 0.29) is 31.0 Å². The Hall–Kier alpha value is -2.31. The topological polar surface area (TPSA) is 82.6 Å². The van der Waals surface area contributed by atoms with Crippen molar-refractivity contribution in [3.63, 3.8) is 0 Å². The normalized spacial score (nSPS) is 23.6. The molecule has 2 N–H and O–H groups in total. The zero-order valence-corrected chi connectivity index (χ0v) is 14.5. The van der Waals surface area contributed by atoms with Crippen molar-refractivity contribution >= 4 is 11.6 Å². The van der Waals surface area contributed by atoms with Crippen LogP contribution in [-0.2, 0) is 22.4 Å². The van der Waals surface area contributed by atoms with E-state index in [1.54, 1.807) is 10.2 Å². The van der Waals surface area contributed by atoms with Crippen molar-refractivity contribution in [3.05, 3.63) is 17.7 Å². The van der Waals surface area contributed by atoms with Gasteiger partial charge in [-0.25, -0.2) is 4.98 Å². The molecular weight excluding hydrogens is 396 g/mol. The second-order valence-corrected chi connectivity index (χ2v) is 6.84. The molecule has 2 aliphatic heterocycles. The van der Waals surface area contributed by atoms with Crippen LogP contribution in [0.1, 0.15) is 30.8 Å². The van der Waals surface area contributed by atoms with Gasteiger partial charge in [0.05, 0.1) is 12.7 Å². The Bertz CT molecular complexity index is 759. The first kappa shape index (κ1) is 20.4. The molecule has 1 aromatic rings. The second kappa shape index (κ2) is 7.26. The molecular formula is C15H17F6N5O2. The fraction of sp³-hybridized carbons (Fsp3) is 0.667. The van der Waals surface area contributed by atoms with Crippen LogP contribution in [0.2, 0.25) is 0 Å². The van der Waals surface area contributed by atoms with Crippen LogP contribution in [0.3, 0.4) is 0 Å². The standard InChI is InChI=1S/C15H17F6N5O2/c16-14(17,18)7-23-12(27)9-4-13(28-25-9)2-1-3-26(8-13)6-11-22-5-10(24-11)15(19,20)21/h5H,1-4,6-8H2,(H,22,24)(H,23,27)/t13-/m0/s1. The summed E-state index contributed by atoms with van der Waals surface area (Å²) in [5.74, 6) is -0.821. The number of carbonyl (C=O) groups excluding carboxylic acids is 1. The third kappa shape index (κ3) is 4.94. The number of nitrogens with zero attached hydrogens (tertiary/aromatic N) is 3. The average molecular weight is 413 g/mol. The predicted octanol–water partition coefficient (Wildman–Crippen LogP) is 2.22. The first-order valence-electron chi connectivity index (χ1n) is 8.39. The smallest absolute Gasteiger partial charge is 0.387 e. The van der Waals surface area contributed by atoms with Crippen molar-refractivity contribution in [2.45, 2.75) is 43.8 Å². The fourth-order valence-corrected chi connectivity index (χ4v) is 3.27. The van der Waals surface area contributed by atoms with Crippen molar-refractivity contribution < 1.29 is 36.0 Å². The van der Waals surface area contributed by atoms with E-state index in [2.05, 4.69) is 15.1 Å². The van der Waals surface area contributed by atoms with Crippen molar-refractivity contribution in [2.75, 3.05) is 19.6 Å². The van der Waals surface area contributed by atoms with Gasteiger partial charge in [-0.15, -0.1) is 0 Å². The van der Waals surface area contributed by atoms with Gasteiger partial charge >= 0.3 is 12.4 Å². The Kier molecular flexibility index (Phi) is 5.30. The van der Waals surface area contributed by atoms with Crippen molar-refractivity contribution in [3.8, 4) is 0 Å². The molecule has 1 spiro atoms. The molecule has 0 unspecified atom stereocenters. The Morgan fingerprint density at radius 1 is 1.32 bits per heavy atom. The van der Waals surface area contributed by atoms with Gasteiger partial charge in [-0.1, -0.05) is 5.16 Å². The maximum Gasteiger partial charge on any atom is 0.432 e. The first-order valence-corrected chi connectivity index (χ1v) is 8.39. The first-order chi connectivity index (χ1) is 13.0. The number of H-pyrrole nitrogens is 1. The molecule has 3 rings (SSSR count). The van der Waals surface area contributed by atoms with Crippen LogP contribution in [0, 0.1) is 0 Å². The minimum absolute atomic E-state index is 0.0269. The summed E-state index contributed by atoms with van der Waals surface area (Å²) in [6.45, 7) is -0.530. The van der Waals surface area contributed by atoms with E-state index in [0.717, 1.165) is 0 Å². The number of hydrogen-bond donors (Lipinski definition) is 2. The van der Waals surface area contributed by atoms with E-state index in [0.29, 0.717) is 25.6 Å². The lowest BCUT2D eigenvalue weighted by molar-refractivity contribution is -0.141. The molecule has 2 aliphatic rings. The molecule has 0 aromatic carbocycles. The second-order valence-electron chi connectivity index (χ2n) is 6.84. The lowest BCUT2D eigenvalue weighted by atomic mass is 9.88. The van der Waals surface area contributed by atoms with E-state index < -0.39 is 36.1 Å². The summed E-state index contributed by atoms with van der Waals surface area (Å²) in [4.78, 5) is 24.9. The number of piperidine rings is 1. The predicted molar refractivity (Wildman–Crippen MR) is 83.0 cm³/mol. The third-order valence-electron chi connectivity index (χ3n) is 4.48. The lowest BCUT2D eigenvalue weighted by Crippen LogP contribution is -2.49. The molecule has 1 fully saturated rings. The molecule has 0 aliphatic carbocycles. The SMILES string of the molecule is O=C(NCC(F)(F)F)C1=NO[C@@]2(CCCN(Cc3ncc(C(F)(F)F)[nH]3)C2)C1. The highest BCUT2D eigenvalue weighted by atomic mass is 19.4. The highest BCUT2D eigenvalue weighted by Crippen LogP contribution is 2.34. The number of likely N-dealkylation sites (tertiary alicyclic amines) is 1. The van der Waals surface area contributed by atoms with E-state index >= 15 is 0 Å². The monoisotopic (exact) mass is 413 g/mol. The van der Waals surface area contributed by atoms with Gasteiger partial charge < -0.3 is 15.1 Å². The summed E-state index contributed by atoms with van der Waals surface area (Å²) in [5.41, 5.74) is -1.97. The largest absolute Gasteiger partial charge is 0.432 e. The van der Waals surface area contributed by atoms with Crippen LogP contribution < -0.4 is 5.32 Å².